The maximum absolute atomic E-state index is 15.7. The Hall–Kier alpha value is -2.50. The molecule has 0 N–H and O–H groups in total. The predicted octanol–water partition coefficient (Wildman–Crippen LogP) is 9.68. The molecule has 2 aromatic rings. The van der Waals surface area contributed by atoms with Gasteiger partial charge >= 0.3 is 5.97 Å². The molecule has 3 atom stereocenters. The van der Waals surface area contributed by atoms with Crippen LogP contribution in [-0.4, -0.2) is 22.3 Å². The number of aromatic nitrogens is 1. The van der Waals surface area contributed by atoms with Gasteiger partial charge in [0.15, 0.2) is 23.1 Å². The van der Waals surface area contributed by atoms with Gasteiger partial charge in [-0.05, 0) is 99.7 Å². The Bertz CT molecular complexity index is 1260. The molecule has 5 nitrogen and oxygen atoms in total. The number of esters is 1. The van der Waals surface area contributed by atoms with Crippen molar-refractivity contribution in [1.82, 2.24) is 4.98 Å². The lowest BCUT2D eigenvalue weighted by atomic mass is 9.81. The summed E-state index contributed by atoms with van der Waals surface area (Å²) in [5.74, 6) is 2.88. The van der Waals surface area contributed by atoms with E-state index in [1.54, 1.807) is 13.0 Å². The molecule has 2 fully saturated rings. The number of fused-ring (bicyclic) bond motifs is 3. The molecule has 230 valence electrons. The summed E-state index contributed by atoms with van der Waals surface area (Å²) in [7, 11) is 0. The summed E-state index contributed by atoms with van der Waals surface area (Å²) in [4.78, 5) is 29.5. The first-order chi connectivity index (χ1) is 20.1. The van der Waals surface area contributed by atoms with Crippen molar-refractivity contribution in [1.29, 1.82) is 0 Å². The average molecular weight is 580 g/mol. The first-order valence-electron chi connectivity index (χ1n) is 16.7. The molecule has 0 spiro atoms. The largest absolute Gasteiger partial charge is 0.460 e. The summed E-state index contributed by atoms with van der Waals surface area (Å²) in [5.41, 5.74) is 2.65. The zero-order chi connectivity index (χ0) is 29.9. The highest BCUT2D eigenvalue weighted by atomic mass is 19.1. The van der Waals surface area contributed by atoms with Crippen LogP contribution in [0.15, 0.2) is 16.5 Å². The van der Waals surface area contributed by atoms with E-state index in [0.29, 0.717) is 42.0 Å². The first-order valence-corrected chi connectivity index (χ1v) is 16.7. The van der Waals surface area contributed by atoms with Crippen molar-refractivity contribution in [2.45, 2.75) is 142 Å². The van der Waals surface area contributed by atoms with Crippen LogP contribution in [0.3, 0.4) is 0 Å². The maximum Gasteiger partial charge on any atom is 0.306 e. The average Bonchev–Trinajstić information content (AvgIpc) is 3.73. The van der Waals surface area contributed by atoms with Crippen LogP contribution < -0.4 is 0 Å². The highest BCUT2D eigenvalue weighted by Crippen LogP contribution is 2.46. The quantitative estimate of drug-likeness (QED) is 0.196. The molecule has 0 radical (unpaired) electrons. The molecule has 0 saturated heterocycles. The van der Waals surface area contributed by atoms with Crippen LogP contribution in [0.5, 0.6) is 0 Å². The van der Waals surface area contributed by atoms with E-state index in [1.807, 2.05) is 20.8 Å². The van der Waals surface area contributed by atoms with Crippen molar-refractivity contribution in [3.63, 3.8) is 0 Å². The predicted molar refractivity (Wildman–Crippen MR) is 163 cm³/mol. The van der Waals surface area contributed by atoms with Gasteiger partial charge in [-0.3, -0.25) is 9.59 Å². The summed E-state index contributed by atoms with van der Waals surface area (Å²) >= 11 is 0. The Labute approximate surface area is 251 Å². The molecule has 42 heavy (non-hydrogen) atoms. The lowest BCUT2D eigenvalue weighted by Gasteiger charge is -2.24. The lowest BCUT2D eigenvalue weighted by molar-refractivity contribution is -0.156. The molecule has 0 amide bonds. The molecule has 6 heteroatoms. The molecule has 5 rings (SSSR count). The topological polar surface area (TPSA) is 69.4 Å². The minimum atomic E-state index is -0.377. The van der Waals surface area contributed by atoms with Crippen LogP contribution in [0.4, 0.5) is 4.39 Å². The summed E-state index contributed by atoms with van der Waals surface area (Å²) in [6.45, 7) is 7.73. The molecule has 0 aliphatic heterocycles. The Morgan fingerprint density at radius 1 is 1.05 bits per heavy atom. The van der Waals surface area contributed by atoms with Gasteiger partial charge in [-0.2, -0.15) is 0 Å². The van der Waals surface area contributed by atoms with E-state index in [-0.39, 0.29) is 29.1 Å². The number of aryl methyl sites for hydroxylation is 2. The van der Waals surface area contributed by atoms with E-state index in [2.05, 4.69) is 11.1 Å². The molecular weight excluding hydrogens is 529 g/mol. The molecule has 1 aromatic heterocycles. The van der Waals surface area contributed by atoms with Gasteiger partial charge in [0, 0.05) is 25.3 Å². The Morgan fingerprint density at radius 2 is 1.76 bits per heavy atom. The highest BCUT2D eigenvalue weighted by molar-refractivity contribution is 6.00. The standard InChI is InChI=1S/C36H50FNO4/c1-5-36(3,4)42-33(40)11-7-10-24-8-6-9-25(13-12-24)16-17-28-21-29-27(20-26-14-15-26)18-19-32(39)34-35(41-23(2)38-34)30(29)22-31(28)37/h21-22,24-27H,5-20H2,1-4H3. The number of carbonyl (C=O) groups is 2. The summed E-state index contributed by atoms with van der Waals surface area (Å²) in [6, 6.07) is 3.73. The highest BCUT2D eigenvalue weighted by Gasteiger charge is 2.33. The SMILES string of the molecule is CCC(C)(C)OC(=O)CCCC1CCCC(CCc2cc3c(cc2F)-c2oc(C)nc2C(=O)CCC3CC2CC2)CC1. The number of benzene rings is 1. The maximum atomic E-state index is 15.7. The number of ether oxygens (including phenoxy) is 1. The van der Waals surface area contributed by atoms with Crippen molar-refractivity contribution < 1.29 is 23.1 Å². The lowest BCUT2D eigenvalue weighted by Crippen LogP contribution is -2.26. The van der Waals surface area contributed by atoms with E-state index < -0.39 is 0 Å². The first kappa shape index (κ1) is 30.9. The molecular formula is C36H50FNO4. The molecule has 3 aliphatic carbocycles. The number of halogens is 1. The minimum Gasteiger partial charge on any atom is -0.460 e. The van der Waals surface area contributed by atoms with Gasteiger partial charge < -0.3 is 9.15 Å². The molecule has 3 unspecified atom stereocenters. The molecule has 3 aliphatic rings. The van der Waals surface area contributed by atoms with Crippen LogP contribution in [0, 0.1) is 30.5 Å². The third-order valence-electron chi connectivity index (χ3n) is 10.2. The van der Waals surface area contributed by atoms with Gasteiger partial charge in [0.05, 0.1) is 0 Å². The number of rotatable bonds is 11. The number of hydrogen-bond acceptors (Lipinski definition) is 5. The summed E-state index contributed by atoms with van der Waals surface area (Å²) < 4.78 is 27.2. The van der Waals surface area contributed by atoms with E-state index in [9.17, 15) is 9.59 Å². The van der Waals surface area contributed by atoms with Crippen LogP contribution in [0.2, 0.25) is 0 Å². The van der Waals surface area contributed by atoms with Gasteiger partial charge in [0.25, 0.3) is 0 Å². The number of Topliss-reactive ketones (excluding diaryl/α,β-unsaturated/α-hetero) is 1. The monoisotopic (exact) mass is 579 g/mol. The minimum absolute atomic E-state index is 0.00447. The van der Waals surface area contributed by atoms with Gasteiger partial charge in [0.2, 0.25) is 0 Å². The van der Waals surface area contributed by atoms with Crippen molar-refractivity contribution in [3.8, 4) is 11.3 Å². The zero-order valence-electron chi connectivity index (χ0n) is 26.2. The van der Waals surface area contributed by atoms with Gasteiger partial charge in [-0.25, -0.2) is 9.37 Å². The number of nitrogens with zero attached hydrogens (tertiary/aromatic N) is 1. The van der Waals surface area contributed by atoms with Gasteiger partial charge in [-0.15, -0.1) is 0 Å². The fraction of sp³-hybridized carbons (Fsp3) is 0.694. The van der Waals surface area contributed by atoms with E-state index in [0.717, 1.165) is 67.6 Å². The van der Waals surface area contributed by atoms with Crippen LogP contribution in [0.1, 0.15) is 151 Å². The molecule has 1 heterocycles. The molecule has 0 bridgehead atoms. The second-order valence-electron chi connectivity index (χ2n) is 14.0. The van der Waals surface area contributed by atoms with Gasteiger partial charge in [0.1, 0.15) is 11.4 Å². The third-order valence-corrected chi connectivity index (χ3v) is 10.2. The fourth-order valence-electron chi connectivity index (χ4n) is 7.10. The van der Waals surface area contributed by atoms with Gasteiger partial charge in [-0.1, -0.05) is 57.9 Å². The molecule has 2 saturated carbocycles. The Balaban J connectivity index is 1.20. The van der Waals surface area contributed by atoms with Crippen LogP contribution in [0.25, 0.3) is 11.3 Å². The Morgan fingerprint density at radius 3 is 2.48 bits per heavy atom. The van der Waals surface area contributed by atoms with Crippen molar-refractivity contribution in [3.05, 3.63) is 40.7 Å². The van der Waals surface area contributed by atoms with Crippen LogP contribution >= 0.6 is 0 Å². The van der Waals surface area contributed by atoms with E-state index in [4.69, 9.17) is 9.15 Å². The number of ketones is 1. The zero-order valence-corrected chi connectivity index (χ0v) is 26.2. The van der Waals surface area contributed by atoms with E-state index >= 15 is 4.39 Å². The van der Waals surface area contributed by atoms with Crippen molar-refractivity contribution in [2.24, 2.45) is 17.8 Å². The Kier molecular flexibility index (Phi) is 9.89. The molecule has 1 aromatic carbocycles. The number of oxazole rings is 1. The second-order valence-corrected chi connectivity index (χ2v) is 14.0. The fourth-order valence-corrected chi connectivity index (χ4v) is 7.10. The normalized spacial score (nSPS) is 23.0. The van der Waals surface area contributed by atoms with E-state index in [1.165, 1.54) is 44.9 Å². The van der Waals surface area contributed by atoms with Crippen molar-refractivity contribution >= 4 is 11.8 Å². The second kappa shape index (κ2) is 13.4. The van der Waals surface area contributed by atoms with Crippen molar-refractivity contribution in [2.75, 3.05) is 0 Å². The third kappa shape index (κ3) is 7.90. The summed E-state index contributed by atoms with van der Waals surface area (Å²) in [6.07, 6.45) is 15.9. The number of carbonyl (C=O) groups excluding carboxylic acids is 2. The summed E-state index contributed by atoms with van der Waals surface area (Å²) in [5, 5.41) is 0. The van der Waals surface area contributed by atoms with Crippen LogP contribution in [-0.2, 0) is 16.0 Å². The smallest absolute Gasteiger partial charge is 0.306 e. The number of hydrogen-bond donors (Lipinski definition) is 0.